The van der Waals surface area contributed by atoms with Gasteiger partial charge in [0.25, 0.3) is 0 Å². The molecule has 0 saturated carbocycles. The van der Waals surface area contributed by atoms with E-state index in [0.29, 0.717) is 17.3 Å². The Labute approximate surface area is 152 Å². The number of amidine groups is 1. The lowest BCUT2D eigenvalue weighted by atomic mass is 10.0. The van der Waals surface area contributed by atoms with Crippen LogP contribution >= 0.6 is 11.6 Å². The molecular formula is C18H24ClFN4O. The van der Waals surface area contributed by atoms with Gasteiger partial charge in [-0.25, -0.2) is 9.07 Å². The van der Waals surface area contributed by atoms with E-state index in [2.05, 4.69) is 36.8 Å². The summed E-state index contributed by atoms with van der Waals surface area (Å²) in [4.78, 5) is 6.99. The number of alkyl halides is 1. The highest BCUT2D eigenvalue weighted by Gasteiger charge is 2.38. The first kappa shape index (κ1) is 18.0. The average Bonchev–Trinajstić information content (AvgIpc) is 2.97. The van der Waals surface area contributed by atoms with Gasteiger partial charge in [-0.2, -0.15) is 5.10 Å². The van der Waals surface area contributed by atoms with Gasteiger partial charge in [0, 0.05) is 20.0 Å². The quantitative estimate of drug-likeness (QED) is 0.791. The molecule has 2 aliphatic rings. The first-order chi connectivity index (χ1) is 11.6. The second-order valence-corrected chi connectivity index (χ2v) is 7.52. The van der Waals surface area contributed by atoms with E-state index in [1.54, 1.807) is 4.68 Å². The monoisotopic (exact) mass is 366 g/mol. The lowest BCUT2D eigenvalue weighted by Crippen LogP contribution is -2.34. The van der Waals surface area contributed by atoms with Crippen molar-refractivity contribution in [3.63, 3.8) is 0 Å². The zero-order valence-electron chi connectivity index (χ0n) is 15.5. The summed E-state index contributed by atoms with van der Waals surface area (Å²) < 4.78 is 20.3. The van der Waals surface area contributed by atoms with Crippen molar-refractivity contribution in [1.29, 1.82) is 0 Å². The fraction of sp³-hybridized carbons (Fsp3) is 0.556. The number of aromatic nitrogens is 2. The van der Waals surface area contributed by atoms with E-state index in [1.807, 2.05) is 13.8 Å². The predicted molar refractivity (Wildman–Crippen MR) is 98.7 cm³/mol. The molecule has 136 valence electrons. The third-order valence-corrected chi connectivity index (χ3v) is 4.63. The van der Waals surface area contributed by atoms with Gasteiger partial charge in [0.2, 0.25) is 12.2 Å². The molecular weight excluding hydrogens is 343 g/mol. The standard InChI is InChI=1S/C18H24ClFN4O/c1-7-24-17(25-12(4)20)13(19)14(22-24)15-10(2)8-11(3)16-21-18(5,6)9-23(15)16/h8,12H,7,9H2,1-6H3. The van der Waals surface area contributed by atoms with E-state index in [9.17, 15) is 4.39 Å². The van der Waals surface area contributed by atoms with Crippen molar-refractivity contribution in [1.82, 2.24) is 14.7 Å². The molecule has 0 amide bonds. The SMILES string of the molecule is CCn1nc(C2=C(C)C=C(C)C3=NC(C)(C)CN32)c(Cl)c1OC(C)F. The Bertz CT molecular complexity index is 804. The van der Waals surface area contributed by atoms with Crippen molar-refractivity contribution in [3.05, 3.63) is 27.9 Å². The number of aryl methyl sites for hydroxylation is 1. The van der Waals surface area contributed by atoms with Gasteiger partial charge >= 0.3 is 0 Å². The maximum atomic E-state index is 13.4. The molecule has 3 heterocycles. The largest absolute Gasteiger partial charge is 0.442 e. The molecule has 2 aliphatic heterocycles. The zero-order valence-corrected chi connectivity index (χ0v) is 16.3. The minimum atomic E-state index is -1.46. The molecule has 0 aromatic carbocycles. The minimum absolute atomic E-state index is 0.188. The molecule has 7 heteroatoms. The Balaban J connectivity index is 2.14. The van der Waals surface area contributed by atoms with Gasteiger partial charge in [-0.3, -0.25) is 4.99 Å². The molecule has 0 bridgehead atoms. The minimum Gasteiger partial charge on any atom is -0.442 e. The molecule has 0 radical (unpaired) electrons. The molecule has 0 aliphatic carbocycles. The molecule has 3 rings (SSSR count). The van der Waals surface area contributed by atoms with E-state index in [4.69, 9.17) is 21.3 Å². The number of nitrogens with zero attached hydrogens (tertiary/aromatic N) is 4. The summed E-state index contributed by atoms with van der Waals surface area (Å²) in [5.41, 5.74) is 3.49. The lowest BCUT2D eigenvalue weighted by Gasteiger charge is -2.29. The molecule has 0 saturated heterocycles. The molecule has 0 fully saturated rings. The number of allylic oxidation sites excluding steroid dienone is 2. The van der Waals surface area contributed by atoms with Gasteiger partial charge < -0.3 is 9.64 Å². The molecule has 1 aromatic heterocycles. The van der Waals surface area contributed by atoms with Crippen molar-refractivity contribution >= 4 is 23.1 Å². The van der Waals surface area contributed by atoms with Crippen LogP contribution in [0.25, 0.3) is 5.70 Å². The van der Waals surface area contributed by atoms with Crippen molar-refractivity contribution in [2.24, 2.45) is 4.99 Å². The summed E-state index contributed by atoms with van der Waals surface area (Å²) in [5, 5.41) is 4.93. The maximum Gasteiger partial charge on any atom is 0.237 e. The molecule has 5 nitrogen and oxygen atoms in total. The van der Waals surface area contributed by atoms with Crippen LogP contribution in [0.2, 0.25) is 5.02 Å². The Morgan fingerprint density at radius 2 is 2.08 bits per heavy atom. The van der Waals surface area contributed by atoms with Crippen LogP contribution in [0.15, 0.2) is 22.2 Å². The molecule has 1 unspecified atom stereocenters. The van der Waals surface area contributed by atoms with Crippen molar-refractivity contribution in [2.75, 3.05) is 6.54 Å². The first-order valence-corrected chi connectivity index (χ1v) is 8.86. The van der Waals surface area contributed by atoms with E-state index in [-0.39, 0.29) is 11.4 Å². The van der Waals surface area contributed by atoms with Gasteiger partial charge in [-0.15, -0.1) is 0 Å². The van der Waals surface area contributed by atoms with Crippen molar-refractivity contribution in [3.8, 4) is 5.88 Å². The number of hydrogen-bond acceptors (Lipinski definition) is 4. The van der Waals surface area contributed by atoms with Crippen LogP contribution in [0.5, 0.6) is 5.88 Å². The second kappa shape index (κ2) is 6.16. The van der Waals surface area contributed by atoms with E-state index < -0.39 is 6.36 Å². The number of aliphatic imine (C=N–C) groups is 1. The summed E-state index contributed by atoms with van der Waals surface area (Å²) in [6, 6.07) is 0. The molecule has 0 N–H and O–H groups in total. The smallest absolute Gasteiger partial charge is 0.237 e. The summed E-state index contributed by atoms with van der Waals surface area (Å²) in [6.07, 6.45) is 0.629. The number of hydrogen-bond donors (Lipinski definition) is 0. The summed E-state index contributed by atoms with van der Waals surface area (Å²) in [6.45, 7) is 12.8. The van der Waals surface area contributed by atoms with Crippen molar-refractivity contribution < 1.29 is 9.13 Å². The highest BCUT2D eigenvalue weighted by Crippen LogP contribution is 2.41. The highest BCUT2D eigenvalue weighted by atomic mass is 35.5. The molecule has 1 aromatic rings. The van der Waals surface area contributed by atoms with E-state index in [1.165, 1.54) is 6.92 Å². The molecule has 25 heavy (non-hydrogen) atoms. The predicted octanol–water partition coefficient (Wildman–Crippen LogP) is 4.43. The number of halogens is 2. The van der Waals surface area contributed by atoms with Crippen LogP contribution in [0.1, 0.15) is 47.2 Å². The Morgan fingerprint density at radius 1 is 1.40 bits per heavy atom. The second-order valence-electron chi connectivity index (χ2n) is 7.14. The van der Waals surface area contributed by atoms with Crippen LogP contribution in [0.4, 0.5) is 4.39 Å². The Kier molecular flexibility index (Phi) is 4.43. The Hall–Kier alpha value is -1.82. The van der Waals surface area contributed by atoms with E-state index in [0.717, 1.165) is 29.2 Å². The highest BCUT2D eigenvalue weighted by molar-refractivity contribution is 6.33. The topological polar surface area (TPSA) is 42.7 Å². The van der Waals surface area contributed by atoms with Gasteiger partial charge in [-0.1, -0.05) is 17.7 Å². The third kappa shape index (κ3) is 3.08. The van der Waals surface area contributed by atoms with Crippen LogP contribution in [0.3, 0.4) is 0 Å². The third-order valence-electron chi connectivity index (χ3n) is 4.29. The molecule has 0 spiro atoms. The zero-order chi connectivity index (χ0) is 18.5. The number of rotatable bonds is 4. The van der Waals surface area contributed by atoms with Gasteiger partial charge in [0.05, 0.1) is 11.2 Å². The normalized spacial score (nSPS) is 20.4. The van der Waals surface area contributed by atoms with Gasteiger partial charge in [0.1, 0.15) is 16.6 Å². The summed E-state index contributed by atoms with van der Waals surface area (Å²) >= 11 is 6.55. The van der Waals surface area contributed by atoms with Crippen molar-refractivity contribution in [2.45, 2.75) is 60.0 Å². The average molecular weight is 367 g/mol. The number of fused-ring (bicyclic) bond motifs is 1. The summed E-state index contributed by atoms with van der Waals surface area (Å²) in [5.74, 6) is 1.20. The maximum absolute atomic E-state index is 13.4. The molecule has 1 atom stereocenters. The van der Waals surface area contributed by atoms with Gasteiger partial charge in [0.15, 0.2) is 0 Å². The summed E-state index contributed by atoms with van der Waals surface area (Å²) in [7, 11) is 0. The van der Waals surface area contributed by atoms with E-state index >= 15 is 0 Å². The fourth-order valence-electron chi connectivity index (χ4n) is 3.37. The number of ether oxygens (including phenoxy) is 1. The van der Waals surface area contributed by atoms with Gasteiger partial charge in [-0.05, 0) is 45.8 Å². The lowest BCUT2D eigenvalue weighted by molar-refractivity contribution is 0.0752. The first-order valence-electron chi connectivity index (χ1n) is 8.49. The fourth-order valence-corrected chi connectivity index (χ4v) is 3.64. The van der Waals surface area contributed by atoms with Crippen LogP contribution in [0, 0.1) is 0 Å². The van der Waals surface area contributed by atoms with Crippen LogP contribution < -0.4 is 4.74 Å². The Morgan fingerprint density at radius 3 is 2.68 bits per heavy atom. The van der Waals surface area contributed by atoms with Crippen LogP contribution in [-0.4, -0.2) is 39.0 Å². The van der Waals surface area contributed by atoms with Crippen LogP contribution in [-0.2, 0) is 6.54 Å².